The second-order valence-electron chi connectivity index (χ2n) is 8.71. The van der Waals surface area contributed by atoms with Gasteiger partial charge in [0, 0.05) is 35.4 Å². The fourth-order valence-corrected chi connectivity index (χ4v) is 4.32. The van der Waals surface area contributed by atoms with Crippen LogP contribution >= 0.6 is 0 Å². The molecule has 6 heteroatoms. The Balaban J connectivity index is 1.46. The highest BCUT2D eigenvalue weighted by molar-refractivity contribution is 6.04. The quantitative estimate of drug-likeness (QED) is 0.565. The number of carbonyl (C=O) groups excluding carboxylic acids is 2. The molecule has 1 aliphatic carbocycles. The third-order valence-corrected chi connectivity index (χ3v) is 6.30. The Labute approximate surface area is 200 Å². The van der Waals surface area contributed by atoms with Crippen LogP contribution < -0.4 is 11.1 Å². The number of anilines is 1. The van der Waals surface area contributed by atoms with Crippen molar-refractivity contribution in [2.75, 3.05) is 5.32 Å². The van der Waals surface area contributed by atoms with Crippen LogP contribution in [0, 0.1) is 11.3 Å². The van der Waals surface area contributed by atoms with Crippen LogP contribution in [0.1, 0.15) is 57.5 Å². The molecule has 3 N–H and O–H groups in total. The van der Waals surface area contributed by atoms with Crippen molar-refractivity contribution in [3.8, 4) is 6.07 Å². The van der Waals surface area contributed by atoms with Crippen LogP contribution in [0.3, 0.4) is 0 Å². The van der Waals surface area contributed by atoms with Crippen LogP contribution in [0.25, 0.3) is 0 Å². The van der Waals surface area contributed by atoms with E-state index in [-0.39, 0.29) is 23.9 Å². The Bertz CT molecular complexity index is 1160. The molecule has 2 amide bonds. The Hall–Kier alpha value is -3.95. The molecule has 0 aliphatic heterocycles. The molecule has 1 fully saturated rings. The van der Waals surface area contributed by atoms with Crippen molar-refractivity contribution >= 4 is 17.5 Å². The van der Waals surface area contributed by atoms with Crippen molar-refractivity contribution in [3.63, 3.8) is 0 Å². The maximum atomic E-state index is 13.4. The van der Waals surface area contributed by atoms with Crippen LogP contribution in [0.5, 0.6) is 0 Å². The van der Waals surface area contributed by atoms with Gasteiger partial charge in [-0.1, -0.05) is 30.3 Å². The van der Waals surface area contributed by atoms with Gasteiger partial charge in [-0.3, -0.25) is 9.59 Å². The van der Waals surface area contributed by atoms with Crippen molar-refractivity contribution in [1.29, 1.82) is 5.26 Å². The van der Waals surface area contributed by atoms with Gasteiger partial charge in [0.2, 0.25) is 0 Å². The number of nitrogens with one attached hydrogen (secondary N) is 1. The molecule has 6 nitrogen and oxygen atoms in total. The summed E-state index contributed by atoms with van der Waals surface area (Å²) in [7, 11) is 0. The van der Waals surface area contributed by atoms with Crippen LogP contribution in [0.15, 0.2) is 78.9 Å². The van der Waals surface area contributed by atoms with E-state index in [2.05, 4.69) is 5.32 Å². The second-order valence-corrected chi connectivity index (χ2v) is 8.71. The first-order valence-electron chi connectivity index (χ1n) is 11.6. The lowest BCUT2D eigenvalue weighted by atomic mass is 9.90. The Kier molecular flexibility index (Phi) is 7.36. The molecule has 0 radical (unpaired) electrons. The molecule has 3 aromatic rings. The van der Waals surface area contributed by atoms with Crippen molar-refractivity contribution < 1.29 is 9.59 Å². The summed E-state index contributed by atoms with van der Waals surface area (Å²) in [5, 5.41) is 11.8. The standard InChI is InChI=1S/C28H28N4O2/c29-18-20-6-10-22(11-7-20)27(33)31-25-14-8-21(9-15-25)19-32(26-16-12-24(30)13-17-26)28(34)23-4-2-1-3-5-23/h1-11,14-15,24,26H,12-13,16-17,19,30H2,(H,31,33). The largest absolute Gasteiger partial charge is 0.331 e. The minimum atomic E-state index is -0.239. The fourth-order valence-electron chi connectivity index (χ4n) is 4.32. The normalized spacial score (nSPS) is 17.4. The van der Waals surface area contributed by atoms with E-state index in [0.717, 1.165) is 31.2 Å². The lowest BCUT2D eigenvalue weighted by Crippen LogP contribution is -2.43. The molecule has 0 aromatic heterocycles. The maximum Gasteiger partial charge on any atom is 0.255 e. The lowest BCUT2D eigenvalue weighted by molar-refractivity contribution is 0.0606. The number of carbonyl (C=O) groups is 2. The van der Waals surface area contributed by atoms with Gasteiger partial charge in [0.25, 0.3) is 11.8 Å². The van der Waals surface area contributed by atoms with Gasteiger partial charge in [-0.15, -0.1) is 0 Å². The first-order valence-corrected chi connectivity index (χ1v) is 11.6. The molecule has 1 aliphatic rings. The summed E-state index contributed by atoms with van der Waals surface area (Å²) in [5.74, 6) is -0.212. The summed E-state index contributed by atoms with van der Waals surface area (Å²) in [6.45, 7) is 0.498. The first kappa shape index (κ1) is 23.2. The van der Waals surface area contributed by atoms with E-state index >= 15 is 0 Å². The third kappa shape index (κ3) is 5.69. The van der Waals surface area contributed by atoms with E-state index < -0.39 is 0 Å². The summed E-state index contributed by atoms with van der Waals surface area (Å²) in [5.41, 5.74) is 9.44. The molecular formula is C28H28N4O2. The highest BCUT2D eigenvalue weighted by atomic mass is 16.2. The van der Waals surface area contributed by atoms with E-state index in [1.165, 1.54) is 0 Å². The Morgan fingerprint density at radius 3 is 2.15 bits per heavy atom. The summed E-state index contributed by atoms with van der Waals surface area (Å²) < 4.78 is 0. The second kappa shape index (κ2) is 10.8. The first-order chi connectivity index (χ1) is 16.5. The summed E-state index contributed by atoms with van der Waals surface area (Å²) in [6, 6.07) is 25.9. The number of hydrogen-bond acceptors (Lipinski definition) is 4. The maximum absolute atomic E-state index is 13.4. The molecular weight excluding hydrogens is 424 g/mol. The van der Waals surface area contributed by atoms with Crippen molar-refractivity contribution in [2.45, 2.75) is 44.3 Å². The van der Waals surface area contributed by atoms with Crippen LogP contribution in [0.4, 0.5) is 5.69 Å². The van der Waals surface area contributed by atoms with Gasteiger partial charge in [0.1, 0.15) is 0 Å². The van der Waals surface area contributed by atoms with Gasteiger partial charge in [0.15, 0.2) is 0 Å². The summed E-state index contributed by atoms with van der Waals surface area (Å²) >= 11 is 0. The minimum Gasteiger partial charge on any atom is -0.331 e. The van der Waals surface area contributed by atoms with Gasteiger partial charge in [-0.2, -0.15) is 5.26 Å². The van der Waals surface area contributed by atoms with Crippen molar-refractivity contribution in [1.82, 2.24) is 4.90 Å². The predicted octanol–water partition coefficient (Wildman–Crippen LogP) is 4.72. The molecule has 172 valence electrons. The molecule has 1 saturated carbocycles. The Morgan fingerprint density at radius 2 is 1.53 bits per heavy atom. The Morgan fingerprint density at radius 1 is 0.882 bits per heavy atom. The number of hydrogen-bond donors (Lipinski definition) is 2. The van der Waals surface area contributed by atoms with E-state index in [4.69, 9.17) is 11.0 Å². The average Bonchev–Trinajstić information content (AvgIpc) is 2.89. The average molecular weight is 453 g/mol. The molecule has 0 spiro atoms. The molecule has 3 aromatic carbocycles. The molecule has 0 saturated heterocycles. The molecule has 0 unspecified atom stereocenters. The van der Waals surface area contributed by atoms with E-state index in [1.54, 1.807) is 24.3 Å². The molecule has 0 bridgehead atoms. The monoisotopic (exact) mass is 452 g/mol. The van der Waals surface area contributed by atoms with Gasteiger partial charge >= 0.3 is 0 Å². The van der Waals surface area contributed by atoms with E-state index in [9.17, 15) is 9.59 Å². The van der Waals surface area contributed by atoms with Gasteiger partial charge < -0.3 is 16.0 Å². The highest BCUT2D eigenvalue weighted by Gasteiger charge is 2.28. The van der Waals surface area contributed by atoms with E-state index in [1.807, 2.05) is 65.6 Å². The van der Waals surface area contributed by atoms with Crippen molar-refractivity contribution in [2.24, 2.45) is 5.73 Å². The summed E-state index contributed by atoms with van der Waals surface area (Å²) in [6.07, 6.45) is 3.64. The predicted molar refractivity (Wildman–Crippen MR) is 132 cm³/mol. The summed E-state index contributed by atoms with van der Waals surface area (Å²) in [4.78, 5) is 27.8. The van der Waals surface area contributed by atoms with Crippen LogP contribution in [0.2, 0.25) is 0 Å². The van der Waals surface area contributed by atoms with E-state index in [0.29, 0.717) is 28.9 Å². The highest BCUT2D eigenvalue weighted by Crippen LogP contribution is 2.26. The smallest absolute Gasteiger partial charge is 0.255 e. The lowest BCUT2D eigenvalue weighted by Gasteiger charge is -2.36. The number of benzene rings is 3. The molecule has 34 heavy (non-hydrogen) atoms. The topological polar surface area (TPSA) is 99.2 Å². The number of nitrogens with two attached hydrogens (primary N) is 1. The van der Waals surface area contributed by atoms with Crippen LogP contribution in [-0.4, -0.2) is 28.8 Å². The zero-order chi connectivity index (χ0) is 23.9. The van der Waals surface area contributed by atoms with Gasteiger partial charge in [-0.25, -0.2) is 0 Å². The molecule has 0 heterocycles. The number of nitriles is 1. The molecule has 0 atom stereocenters. The zero-order valence-corrected chi connectivity index (χ0v) is 19.0. The third-order valence-electron chi connectivity index (χ3n) is 6.30. The van der Waals surface area contributed by atoms with Gasteiger partial charge in [-0.05, 0) is 79.8 Å². The number of rotatable bonds is 6. The molecule has 4 rings (SSSR count). The fraction of sp³-hybridized carbons (Fsp3) is 0.250. The van der Waals surface area contributed by atoms with Gasteiger partial charge in [0.05, 0.1) is 11.6 Å². The number of amides is 2. The SMILES string of the molecule is N#Cc1ccc(C(=O)Nc2ccc(CN(C(=O)c3ccccc3)C3CCC(N)CC3)cc2)cc1. The van der Waals surface area contributed by atoms with Crippen LogP contribution in [-0.2, 0) is 6.54 Å². The van der Waals surface area contributed by atoms with Crippen molar-refractivity contribution in [3.05, 3.63) is 101 Å². The number of nitrogens with zero attached hydrogens (tertiary/aromatic N) is 2. The minimum absolute atomic E-state index is 0.0271. The zero-order valence-electron chi connectivity index (χ0n) is 19.0.